The minimum atomic E-state index is -0.310. The van der Waals surface area contributed by atoms with Gasteiger partial charge in [0.1, 0.15) is 0 Å². The predicted molar refractivity (Wildman–Crippen MR) is 65.4 cm³/mol. The first-order chi connectivity index (χ1) is 8.20. The zero-order chi connectivity index (χ0) is 12.3. The highest BCUT2D eigenvalue weighted by Crippen LogP contribution is 2.24. The van der Waals surface area contributed by atoms with Gasteiger partial charge in [0.15, 0.2) is 5.69 Å². The first-order valence-corrected chi connectivity index (χ1v) is 6.73. The Morgan fingerprint density at radius 2 is 2.47 bits per heavy atom. The first kappa shape index (κ1) is 12.5. The molecule has 2 rings (SSSR count). The van der Waals surface area contributed by atoms with Gasteiger partial charge < -0.3 is 9.47 Å². The summed E-state index contributed by atoms with van der Waals surface area (Å²) in [5.74, 6) is 0.241. The molecule has 17 heavy (non-hydrogen) atoms. The van der Waals surface area contributed by atoms with Crippen molar-refractivity contribution in [3.8, 4) is 0 Å². The number of thiazole rings is 1. The van der Waals surface area contributed by atoms with E-state index in [1.807, 2.05) is 6.92 Å². The zero-order valence-corrected chi connectivity index (χ0v) is 11.0. The second-order valence-electron chi connectivity index (χ2n) is 4.17. The van der Waals surface area contributed by atoms with Crippen LogP contribution in [0.3, 0.4) is 0 Å². The Morgan fingerprint density at radius 1 is 1.65 bits per heavy atom. The monoisotopic (exact) mass is 255 g/mol. The first-order valence-electron chi connectivity index (χ1n) is 5.92. The molecule has 2 heterocycles. The summed E-state index contributed by atoms with van der Waals surface area (Å²) in [7, 11) is 0. The van der Waals surface area contributed by atoms with Crippen LogP contribution in [0.2, 0.25) is 0 Å². The molecule has 0 saturated carbocycles. The summed E-state index contributed by atoms with van der Waals surface area (Å²) in [5, 5.41) is 1.01. The van der Waals surface area contributed by atoms with E-state index in [-0.39, 0.29) is 5.97 Å². The third-order valence-electron chi connectivity index (χ3n) is 2.80. The van der Waals surface area contributed by atoms with E-state index in [4.69, 9.17) is 9.47 Å². The van der Waals surface area contributed by atoms with Gasteiger partial charge >= 0.3 is 5.97 Å². The molecule has 0 spiro atoms. The van der Waals surface area contributed by atoms with Crippen LogP contribution in [0, 0.1) is 12.8 Å². The van der Waals surface area contributed by atoms with Crippen molar-refractivity contribution in [2.75, 3.05) is 19.8 Å². The lowest BCUT2D eigenvalue weighted by atomic mass is 10.1. The van der Waals surface area contributed by atoms with Gasteiger partial charge in [-0.3, -0.25) is 0 Å². The molecule has 0 N–H and O–H groups in total. The van der Waals surface area contributed by atoms with Gasteiger partial charge in [0.25, 0.3) is 0 Å². The maximum atomic E-state index is 11.6. The number of ether oxygens (including phenoxy) is 2. The Hall–Kier alpha value is -0.940. The molecule has 0 aromatic carbocycles. The van der Waals surface area contributed by atoms with Crippen LogP contribution in [0.5, 0.6) is 0 Å². The Morgan fingerprint density at radius 3 is 3.12 bits per heavy atom. The minimum Gasteiger partial charge on any atom is -0.461 e. The van der Waals surface area contributed by atoms with Gasteiger partial charge in [-0.05, 0) is 26.2 Å². The van der Waals surface area contributed by atoms with Crippen molar-refractivity contribution in [1.82, 2.24) is 4.98 Å². The van der Waals surface area contributed by atoms with E-state index in [9.17, 15) is 4.79 Å². The Balaban J connectivity index is 2.04. The molecule has 0 radical (unpaired) electrons. The number of nitrogens with zero attached hydrogens (tertiary/aromatic N) is 1. The molecule has 0 bridgehead atoms. The summed E-state index contributed by atoms with van der Waals surface area (Å²) in [6.07, 6.45) is 2.00. The summed E-state index contributed by atoms with van der Waals surface area (Å²) < 4.78 is 10.3. The average Bonchev–Trinajstić information content (AvgIpc) is 2.89. The fraction of sp³-hybridized carbons (Fsp3) is 0.667. The lowest BCUT2D eigenvalue weighted by molar-refractivity contribution is 0.0519. The summed E-state index contributed by atoms with van der Waals surface area (Å²) in [4.78, 5) is 16.9. The third-order valence-corrected chi connectivity index (χ3v) is 3.79. The van der Waals surface area contributed by atoms with E-state index in [1.54, 1.807) is 18.3 Å². The molecule has 1 atom stereocenters. The van der Waals surface area contributed by atoms with Crippen molar-refractivity contribution in [1.29, 1.82) is 0 Å². The van der Waals surface area contributed by atoms with Crippen molar-refractivity contribution >= 4 is 17.3 Å². The molecule has 1 unspecified atom stereocenters. The summed E-state index contributed by atoms with van der Waals surface area (Å²) in [6.45, 7) is 5.77. The molecule has 1 fully saturated rings. The van der Waals surface area contributed by atoms with Gasteiger partial charge in [-0.1, -0.05) is 0 Å². The second kappa shape index (κ2) is 5.60. The topological polar surface area (TPSA) is 48.4 Å². The molecule has 1 aliphatic heterocycles. The van der Waals surface area contributed by atoms with E-state index < -0.39 is 0 Å². The predicted octanol–water partition coefficient (Wildman–Crippen LogP) is 2.21. The zero-order valence-electron chi connectivity index (χ0n) is 10.2. The summed E-state index contributed by atoms with van der Waals surface area (Å²) in [5.41, 5.74) is 0.478. The fourth-order valence-corrected chi connectivity index (χ4v) is 2.95. The number of carbonyl (C=O) groups excluding carboxylic acids is 1. The molecule has 4 nitrogen and oxygen atoms in total. The maximum Gasteiger partial charge on any atom is 0.358 e. The average molecular weight is 255 g/mol. The molecule has 5 heteroatoms. The van der Waals surface area contributed by atoms with E-state index in [2.05, 4.69) is 4.98 Å². The van der Waals surface area contributed by atoms with Crippen LogP contribution < -0.4 is 0 Å². The van der Waals surface area contributed by atoms with Crippen LogP contribution in [0.1, 0.15) is 33.7 Å². The van der Waals surface area contributed by atoms with Gasteiger partial charge in [0.05, 0.1) is 11.6 Å². The van der Waals surface area contributed by atoms with Gasteiger partial charge in [-0.15, -0.1) is 11.3 Å². The number of carbonyl (C=O) groups is 1. The molecular formula is C12H17NO3S. The molecule has 0 amide bonds. The SMILES string of the molecule is CCOC(=O)c1nc(CC2CCOC2)sc1C. The molecule has 94 valence electrons. The smallest absolute Gasteiger partial charge is 0.358 e. The highest BCUT2D eigenvalue weighted by atomic mass is 32.1. The van der Waals surface area contributed by atoms with Gasteiger partial charge in [0, 0.05) is 24.5 Å². The Bertz CT molecular complexity index is 396. The lowest BCUT2D eigenvalue weighted by Crippen LogP contribution is -2.07. The molecular weight excluding hydrogens is 238 g/mol. The summed E-state index contributed by atoms with van der Waals surface area (Å²) in [6, 6.07) is 0. The minimum absolute atomic E-state index is 0.310. The number of hydrogen-bond acceptors (Lipinski definition) is 5. The molecule has 1 aromatic rings. The Kier molecular flexibility index (Phi) is 4.12. The van der Waals surface area contributed by atoms with Crippen LogP contribution in [0.25, 0.3) is 0 Å². The van der Waals surface area contributed by atoms with E-state index in [1.165, 1.54) is 0 Å². The van der Waals surface area contributed by atoms with Gasteiger partial charge in [0.2, 0.25) is 0 Å². The molecule has 1 aromatic heterocycles. The van der Waals surface area contributed by atoms with Crippen LogP contribution in [0.4, 0.5) is 0 Å². The highest BCUT2D eigenvalue weighted by molar-refractivity contribution is 7.11. The molecule has 0 aliphatic carbocycles. The van der Waals surface area contributed by atoms with E-state index in [0.717, 1.165) is 35.9 Å². The van der Waals surface area contributed by atoms with Gasteiger partial charge in [-0.2, -0.15) is 0 Å². The molecule has 1 saturated heterocycles. The van der Waals surface area contributed by atoms with E-state index >= 15 is 0 Å². The van der Waals surface area contributed by atoms with Crippen molar-refractivity contribution in [2.45, 2.75) is 26.7 Å². The summed E-state index contributed by atoms with van der Waals surface area (Å²) >= 11 is 1.59. The van der Waals surface area contributed by atoms with Crippen LogP contribution >= 0.6 is 11.3 Å². The number of hydrogen-bond donors (Lipinski definition) is 0. The second-order valence-corrected chi connectivity index (χ2v) is 5.45. The largest absolute Gasteiger partial charge is 0.461 e. The van der Waals surface area contributed by atoms with Crippen LogP contribution in [-0.4, -0.2) is 30.8 Å². The van der Waals surface area contributed by atoms with E-state index in [0.29, 0.717) is 18.2 Å². The van der Waals surface area contributed by atoms with Crippen molar-refractivity contribution in [3.05, 3.63) is 15.6 Å². The quantitative estimate of drug-likeness (QED) is 0.774. The van der Waals surface area contributed by atoms with Crippen LogP contribution in [-0.2, 0) is 15.9 Å². The standard InChI is InChI=1S/C12H17NO3S/c1-3-16-12(14)11-8(2)17-10(13-11)6-9-4-5-15-7-9/h9H,3-7H2,1-2H3. The van der Waals surface area contributed by atoms with Crippen molar-refractivity contribution in [3.63, 3.8) is 0 Å². The maximum absolute atomic E-state index is 11.6. The van der Waals surface area contributed by atoms with Gasteiger partial charge in [-0.25, -0.2) is 9.78 Å². The number of aryl methyl sites for hydroxylation is 1. The number of esters is 1. The highest BCUT2D eigenvalue weighted by Gasteiger charge is 2.21. The van der Waals surface area contributed by atoms with Crippen molar-refractivity contribution < 1.29 is 14.3 Å². The fourth-order valence-electron chi connectivity index (χ4n) is 1.92. The Labute approximate surface area is 105 Å². The third kappa shape index (κ3) is 3.04. The van der Waals surface area contributed by atoms with Crippen molar-refractivity contribution in [2.24, 2.45) is 5.92 Å². The van der Waals surface area contributed by atoms with Crippen LogP contribution in [0.15, 0.2) is 0 Å². The molecule has 1 aliphatic rings. The number of rotatable bonds is 4. The lowest BCUT2D eigenvalue weighted by Gasteiger charge is -2.02. The normalized spacial score (nSPS) is 19.5. The number of aromatic nitrogens is 1.